The van der Waals surface area contributed by atoms with Crippen LogP contribution in [0.15, 0.2) is 59.5 Å². The number of nitrogens with zero attached hydrogens (tertiary/aromatic N) is 2. The third-order valence-electron chi connectivity index (χ3n) is 10.3. The fourth-order valence-corrected chi connectivity index (χ4v) is 8.41. The molecule has 226 valence electrons. The summed E-state index contributed by atoms with van der Waals surface area (Å²) in [6.07, 6.45) is 5.15. The van der Waals surface area contributed by atoms with Gasteiger partial charge < -0.3 is 15.0 Å². The van der Waals surface area contributed by atoms with Crippen LogP contribution < -0.4 is 5.32 Å². The molecule has 0 saturated carbocycles. The van der Waals surface area contributed by atoms with Crippen LogP contribution in [0, 0.1) is 17.3 Å². The minimum absolute atomic E-state index is 0.0364. The molecule has 2 aromatic rings. The zero-order valence-electron chi connectivity index (χ0n) is 24.5. The zero-order chi connectivity index (χ0) is 29.3. The fourth-order valence-electron chi connectivity index (χ4n) is 7.78. The van der Waals surface area contributed by atoms with Crippen LogP contribution in [-0.2, 0) is 30.7 Å². The monoisotopic (exact) mass is 593 g/mol. The van der Waals surface area contributed by atoms with E-state index in [1.807, 2.05) is 23.1 Å². The van der Waals surface area contributed by atoms with E-state index in [4.69, 9.17) is 4.74 Å². The van der Waals surface area contributed by atoms with Gasteiger partial charge in [0.2, 0.25) is 5.91 Å². The van der Waals surface area contributed by atoms with Crippen molar-refractivity contribution in [3.05, 3.63) is 65.7 Å². The van der Waals surface area contributed by atoms with Crippen LogP contribution in [0.4, 0.5) is 0 Å². The molecule has 4 fully saturated rings. The van der Waals surface area contributed by atoms with E-state index in [-0.39, 0.29) is 35.1 Å². The second-order valence-electron chi connectivity index (χ2n) is 12.8. The van der Waals surface area contributed by atoms with Gasteiger partial charge in [-0.3, -0.25) is 14.5 Å². The second-order valence-corrected chi connectivity index (χ2v) is 14.8. The van der Waals surface area contributed by atoms with E-state index in [9.17, 15) is 18.0 Å². The Morgan fingerprint density at radius 2 is 1.64 bits per heavy atom. The molecule has 4 heterocycles. The summed E-state index contributed by atoms with van der Waals surface area (Å²) in [5, 5.41) is 3.60. The van der Waals surface area contributed by atoms with Gasteiger partial charge in [0.15, 0.2) is 15.6 Å². The first-order chi connectivity index (χ1) is 20.2. The maximum atomic E-state index is 14.2. The van der Waals surface area contributed by atoms with Gasteiger partial charge in [-0.25, -0.2) is 8.42 Å². The summed E-state index contributed by atoms with van der Waals surface area (Å²) in [4.78, 5) is 32.7. The first-order valence-corrected chi connectivity index (χ1v) is 17.3. The normalized spacial score (nSPS) is 26.1. The number of piperidine rings is 1. The van der Waals surface area contributed by atoms with Gasteiger partial charge in [0.25, 0.3) is 0 Å². The van der Waals surface area contributed by atoms with E-state index in [1.54, 1.807) is 12.1 Å². The number of hydrogen-bond donors (Lipinski definition) is 1. The Balaban J connectivity index is 1.16. The summed E-state index contributed by atoms with van der Waals surface area (Å²) < 4.78 is 29.2. The highest BCUT2D eigenvalue weighted by molar-refractivity contribution is 7.90. The van der Waals surface area contributed by atoms with E-state index in [0.29, 0.717) is 37.0 Å². The summed E-state index contributed by atoms with van der Waals surface area (Å²) in [5.41, 5.74) is 1.85. The van der Waals surface area contributed by atoms with E-state index >= 15 is 0 Å². The molecule has 1 unspecified atom stereocenters. The van der Waals surface area contributed by atoms with Gasteiger partial charge >= 0.3 is 0 Å². The van der Waals surface area contributed by atoms with Gasteiger partial charge in [-0.1, -0.05) is 42.5 Å². The summed E-state index contributed by atoms with van der Waals surface area (Å²) in [6.45, 7) is 5.71. The predicted molar refractivity (Wildman–Crippen MR) is 161 cm³/mol. The Morgan fingerprint density at radius 1 is 0.976 bits per heavy atom. The molecule has 8 nitrogen and oxygen atoms in total. The lowest BCUT2D eigenvalue weighted by atomic mass is 9.73. The van der Waals surface area contributed by atoms with Crippen LogP contribution in [0.1, 0.15) is 49.1 Å². The van der Waals surface area contributed by atoms with Gasteiger partial charge in [0, 0.05) is 63.4 Å². The quantitative estimate of drug-likeness (QED) is 0.502. The molecule has 6 rings (SSSR count). The first kappa shape index (κ1) is 29.5. The highest BCUT2D eigenvalue weighted by Gasteiger charge is 2.51. The minimum atomic E-state index is -3.25. The molecule has 0 bridgehead atoms. The summed E-state index contributed by atoms with van der Waals surface area (Å²) in [6, 6.07) is 17.3. The smallest absolute Gasteiger partial charge is 0.229 e. The van der Waals surface area contributed by atoms with Crippen LogP contribution in [-0.4, -0.2) is 88.1 Å². The number of Topliss-reactive ketones (excluding diaryl/α,β-unsaturated/α-hetero) is 1. The number of carbonyl (C=O) groups excluding carboxylic acids is 2. The molecular weight excluding hydrogens is 550 g/mol. The molecule has 1 amide bonds. The zero-order valence-corrected chi connectivity index (χ0v) is 25.4. The van der Waals surface area contributed by atoms with Crippen molar-refractivity contribution in [2.24, 2.45) is 17.3 Å². The van der Waals surface area contributed by atoms with E-state index in [0.717, 1.165) is 63.8 Å². The summed E-state index contributed by atoms with van der Waals surface area (Å²) in [5.74, 6) is 1.08. The van der Waals surface area contributed by atoms with Gasteiger partial charge in [0.1, 0.15) is 0 Å². The van der Waals surface area contributed by atoms with Gasteiger partial charge in [-0.2, -0.15) is 0 Å². The van der Waals surface area contributed by atoms with E-state index in [1.165, 1.54) is 11.8 Å². The molecule has 0 aliphatic carbocycles. The van der Waals surface area contributed by atoms with E-state index < -0.39 is 9.84 Å². The number of likely N-dealkylation sites (tertiary alicyclic amines) is 2. The van der Waals surface area contributed by atoms with Crippen molar-refractivity contribution in [1.82, 2.24) is 15.1 Å². The summed E-state index contributed by atoms with van der Waals surface area (Å²) in [7, 11) is -3.25. The lowest BCUT2D eigenvalue weighted by Gasteiger charge is -2.44. The Morgan fingerprint density at radius 3 is 2.31 bits per heavy atom. The number of nitrogens with one attached hydrogen (secondary N) is 1. The largest absolute Gasteiger partial charge is 0.381 e. The van der Waals surface area contributed by atoms with Crippen LogP contribution >= 0.6 is 0 Å². The molecule has 42 heavy (non-hydrogen) atoms. The molecule has 2 aromatic carbocycles. The average molecular weight is 594 g/mol. The highest BCUT2D eigenvalue weighted by Crippen LogP contribution is 2.44. The van der Waals surface area contributed by atoms with Crippen molar-refractivity contribution in [2.45, 2.75) is 55.5 Å². The standard InChI is InChI=1S/C33H43N3O5S/c1-42(39,40)27-9-7-24(8-10-27)23-36-18-15-33(32(36)38)13-16-35(17-14-33)30(31(37)26-11-19-41-20-12-26)29-22-34-21-28(29)25-5-3-2-4-6-25/h2-10,26,28-30,34H,11-23H2,1H3/t28-,29+,30?/m1/s1. The fraction of sp³-hybridized carbons (Fsp3) is 0.576. The number of benzene rings is 2. The third kappa shape index (κ3) is 5.94. The molecular formula is C33H43N3O5S. The topological polar surface area (TPSA) is 96.0 Å². The molecule has 4 aliphatic heterocycles. The van der Waals surface area contributed by atoms with Crippen molar-refractivity contribution in [3.8, 4) is 0 Å². The maximum absolute atomic E-state index is 14.2. The number of hydrogen-bond acceptors (Lipinski definition) is 7. The number of sulfone groups is 1. The number of amides is 1. The number of ether oxygens (including phenoxy) is 1. The van der Waals surface area contributed by atoms with E-state index in [2.05, 4.69) is 34.5 Å². The Hall–Kier alpha value is -2.59. The highest BCUT2D eigenvalue weighted by atomic mass is 32.2. The van der Waals surface area contributed by atoms with Crippen molar-refractivity contribution in [1.29, 1.82) is 0 Å². The molecule has 1 N–H and O–H groups in total. The SMILES string of the molecule is CS(=O)(=O)c1ccc(CN2CCC3(CCN(C(C(=O)C4CCOCC4)[C@H]4CNC[C@@H]4c4ccccc4)CC3)C2=O)cc1. The maximum Gasteiger partial charge on any atom is 0.229 e. The van der Waals surface area contributed by atoms with Crippen molar-refractivity contribution in [3.63, 3.8) is 0 Å². The van der Waals surface area contributed by atoms with Gasteiger partial charge in [0.05, 0.1) is 16.4 Å². The van der Waals surface area contributed by atoms with Gasteiger partial charge in [-0.05, 0) is 68.5 Å². The molecule has 1 spiro atoms. The third-order valence-corrected chi connectivity index (χ3v) is 11.4. The van der Waals surface area contributed by atoms with Gasteiger partial charge in [-0.15, -0.1) is 0 Å². The van der Waals surface area contributed by atoms with Crippen LogP contribution in [0.5, 0.6) is 0 Å². The van der Waals surface area contributed by atoms with Crippen molar-refractivity contribution in [2.75, 3.05) is 52.2 Å². The summed E-state index contributed by atoms with van der Waals surface area (Å²) >= 11 is 0. The Kier molecular flexibility index (Phi) is 8.56. The lowest BCUT2D eigenvalue weighted by molar-refractivity contribution is -0.141. The Labute approximate surface area is 249 Å². The second kappa shape index (κ2) is 12.2. The molecule has 4 aliphatic rings. The molecule has 9 heteroatoms. The molecule has 0 radical (unpaired) electrons. The Bertz CT molecular complexity index is 1370. The molecule has 3 atom stereocenters. The molecule has 4 saturated heterocycles. The first-order valence-electron chi connectivity index (χ1n) is 15.4. The van der Waals surface area contributed by atoms with Crippen LogP contribution in [0.25, 0.3) is 0 Å². The average Bonchev–Trinajstić information content (AvgIpc) is 3.60. The minimum Gasteiger partial charge on any atom is -0.381 e. The predicted octanol–water partition coefficient (Wildman–Crippen LogP) is 3.27. The number of carbonyl (C=O) groups is 2. The molecule has 0 aromatic heterocycles. The number of ketones is 1. The number of rotatable bonds is 8. The van der Waals surface area contributed by atoms with Crippen LogP contribution in [0.3, 0.4) is 0 Å². The van der Waals surface area contributed by atoms with Crippen molar-refractivity contribution < 1.29 is 22.7 Å². The van der Waals surface area contributed by atoms with Crippen LogP contribution in [0.2, 0.25) is 0 Å². The lowest BCUT2D eigenvalue weighted by Crippen LogP contribution is -2.55. The van der Waals surface area contributed by atoms with Crippen molar-refractivity contribution >= 4 is 21.5 Å².